The second kappa shape index (κ2) is 7.13. The summed E-state index contributed by atoms with van der Waals surface area (Å²) in [5.74, 6) is -1.15. The Bertz CT molecular complexity index is 462. The predicted octanol–water partition coefficient (Wildman–Crippen LogP) is 2.05. The minimum Gasteiger partial charge on any atom is -0.484 e. The van der Waals surface area contributed by atoms with Gasteiger partial charge in [-0.1, -0.05) is 35.8 Å². The first-order chi connectivity index (χ1) is 8.90. The lowest BCUT2D eigenvalue weighted by molar-refractivity contribution is -0.143. The van der Waals surface area contributed by atoms with Gasteiger partial charge in [0.05, 0.1) is 0 Å². The monoisotopic (exact) mass is 329 g/mol. The molecule has 0 saturated carbocycles. The second-order valence-electron chi connectivity index (χ2n) is 4.37. The number of nitrogens with one attached hydrogen (secondary N) is 1. The van der Waals surface area contributed by atoms with Gasteiger partial charge in [0.25, 0.3) is 5.91 Å². The van der Waals surface area contributed by atoms with Gasteiger partial charge in [-0.2, -0.15) is 0 Å². The molecule has 2 N–H and O–H groups in total. The van der Waals surface area contributed by atoms with E-state index in [1.54, 1.807) is 32.0 Å². The maximum absolute atomic E-state index is 11.6. The van der Waals surface area contributed by atoms with E-state index in [1.165, 1.54) is 0 Å². The van der Waals surface area contributed by atoms with Crippen LogP contribution in [0.1, 0.15) is 13.8 Å². The standard InChI is InChI=1S/C13H16BrNO4/c1-8(2)12(13(17)18)15-11(16)7-19-10-5-3-4-9(14)6-10/h3-6,8,12H,7H2,1-2H3,(H,15,16)(H,17,18)/t12-/m1/s1. The smallest absolute Gasteiger partial charge is 0.326 e. The molecule has 0 aromatic heterocycles. The molecule has 0 fully saturated rings. The molecule has 0 unspecified atom stereocenters. The van der Waals surface area contributed by atoms with Gasteiger partial charge in [-0.15, -0.1) is 0 Å². The summed E-state index contributed by atoms with van der Waals surface area (Å²) in [6.45, 7) is 3.25. The second-order valence-corrected chi connectivity index (χ2v) is 5.29. The minimum atomic E-state index is -1.05. The molecular formula is C13H16BrNO4. The lowest BCUT2D eigenvalue weighted by Crippen LogP contribution is -2.46. The van der Waals surface area contributed by atoms with Crippen LogP contribution in [0.4, 0.5) is 0 Å². The summed E-state index contributed by atoms with van der Waals surface area (Å²) >= 11 is 3.29. The molecule has 0 aliphatic carbocycles. The number of carboxylic acids is 1. The molecule has 0 aliphatic heterocycles. The van der Waals surface area contributed by atoms with Crippen LogP contribution in [-0.2, 0) is 9.59 Å². The fourth-order valence-electron chi connectivity index (χ4n) is 1.43. The van der Waals surface area contributed by atoms with Crippen LogP contribution in [0.5, 0.6) is 5.75 Å². The Morgan fingerprint density at radius 2 is 2.11 bits per heavy atom. The van der Waals surface area contributed by atoms with E-state index >= 15 is 0 Å². The number of hydrogen-bond donors (Lipinski definition) is 2. The van der Waals surface area contributed by atoms with Crippen LogP contribution < -0.4 is 10.1 Å². The van der Waals surface area contributed by atoms with Crippen molar-refractivity contribution in [2.24, 2.45) is 5.92 Å². The first-order valence-electron chi connectivity index (χ1n) is 5.80. The highest BCUT2D eigenvalue weighted by atomic mass is 79.9. The molecule has 0 spiro atoms. The Hall–Kier alpha value is -1.56. The number of benzene rings is 1. The van der Waals surface area contributed by atoms with Crippen LogP contribution >= 0.6 is 15.9 Å². The molecule has 1 atom stereocenters. The normalized spacial score (nSPS) is 12.0. The number of carbonyl (C=O) groups excluding carboxylic acids is 1. The van der Waals surface area contributed by atoms with Gasteiger partial charge in [0.15, 0.2) is 6.61 Å². The number of carboxylic acid groups (broad SMARTS) is 1. The fraction of sp³-hybridized carbons (Fsp3) is 0.385. The maximum atomic E-state index is 11.6. The van der Waals surface area contributed by atoms with Crippen LogP contribution in [0, 0.1) is 5.92 Å². The van der Waals surface area contributed by atoms with Gasteiger partial charge in [-0.25, -0.2) is 4.79 Å². The molecule has 0 heterocycles. The summed E-state index contributed by atoms with van der Waals surface area (Å²) in [4.78, 5) is 22.5. The molecule has 1 amide bonds. The average molecular weight is 330 g/mol. The summed E-state index contributed by atoms with van der Waals surface area (Å²) in [6, 6.07) is 6.16. The largest absolute Gasteiger partial charge is 0.484 e. The van der Waals surface area contributed by atoms with E-state index in [1.807, 2.05) is 6.07 Å². The SMILES string of the molecule is CC(C)[C@@H](NC(=O)COc1cccc(Br)c1)C(=O)O. The third-order valence-corrected chi connectivity index (χ3v) is 2.91. The molecule has 0 bridgehead atoms. The summed E-state index contributed by atoms with van der Waals surface area (Å²) in [7, 11) is 0. The number of rotatable bonds is 6. The van der Waals surface area contributed by atoms with E-state index in [9.17, 15) is 9.59 Å². The molecule has 6 heteroatoms. The van der Waals surface area contributed by atoms with Crippen molar-refractivity contribution in [3.05, 3.63) is 28.7 Å². The lowest BCUT2D eigenvalue weighted by Gasteiger charge is -2.17. The van der Waals surface area contributed by atoms with Crippen molar-refractivity contribution in [2.75, 3.05) is 6.61 Å². The maximum Gasteiger partial charge on any atom is 0.326 e. The minimum absolute atomic E-state index is 0.188. The summed E-state index contributed by atoms with van der Waals surface area (Å²) in [5, 5.41) is 11.4. The van der Waals surface area contributed by atoms with E-state index in [4.69, 9.17) is 9.84 Å². The zero-order valence-electron chi connectivity index (χ0n) is 10.7. The van der Waals surface area contributed by atoms with Gasteiger partial charge in [0.2, 0.25) is 0 Å². The Morgan fingerprint density at radius 3 is 2.63 bits per heavy atom. The summed E-state index contributed by atoms with van der Waals surface area (Å²) in [6.07, 6.45) is 0. The number of hydrogen-bond acceptors (Lipinski definition) is 3. The van der Waals surface area contributed by atoms with Gasteiger partial charge in [-0.3, -0.25) is 4.79 Å². The van der Waals surface area contributed by atoms with Gasteiger partial charge >= 0.3 is 5.97 Å². The van der Waals surface area contributed by atoms with Gasteiger partial charge in [-0.05, 0) is 24.1 Å². The van der Waals surface area contributed by atoms with Crippen molar-refractivity contribution in [1.82, 2.24) is 5.32 Å². The Morgan fingerprint density at radius 1 is 1.42 bits per heavy atom. The average Bonchev–Trinajstić information content (AvgIpc) is 2.32. The first kappa shape index (κ1) is 15.5. The summed E-state index contributed by atoms with van der Waals surface area (Å²) in [5.41, 5.74) is 0. The topological polar surface area (TPSA) is 75.6 Å². The fourth-order valence-corrected chi connectivity index (χ4v) is 1.81. The van der Waals surface area contributed by atoms with Crippen LogP contribution in [-0.4, -0.2) is 29.6 Å². The van der Waals surface area contributed by atoms with E-state index in [-0.39, 0.29) is 12.5 Å². The molecule has 5 nitrogen and oxygen atoms in total. The van der Waals surface area contributed by atoms with Crippen molar-refractivity contribution in [3.8, 4) is 5.75 Å². The molecule has 0 aliphatic rings. The number of amides is 1. The van der Waals surface area contributed by atoms with Crippen LogP contribution in [0.2, 0.25) is 0 Å². The highest BCUT2D eigenvalue weighted by molar-refractivity contribution is 9.10. The van der Waals surface area contributed by atoms with E-state index in [0.717, 1.165) is 4.47 Å². The van der Waals surface area contributed by atoms with Crippen molar-refractivity contribution in [3.63, 3.8) is 0 Å². The first-order valence-corrected chi connectivity index (χ1v) is 6.60. The third kappa shape index (κ3) is 5.30. The molecule has 1 aromatic carbocycles. The van der Waals surface area contributed by atoms with Crippen molar-refractivity contribution >= 4 is 27.8 Å². The number of aliphatic carboxylic acids is 1. The third-order valence-electron chi connectivity index (χ3n) is 2.42. The zero-order chi connectivity index (χ0) is 14.4. The van der Waals surface area contributed by atoms with Gasteiger partial charge in [0.1, 0.15) is 11.8 Å². The van der Waals surface area contributed by atoms with Crippen LogP contribution in [0.15, 0.2) is 28.7 Å². The van der Waals surface area contributed by atoms with Crippen molar-refractivity contribution in [1.29, 1.82) is 0 Å². The van der Waals surface area contributed by atoms with Crippen LogP contribution in [0.25, 0.3) is 0 Å². The zero-order valence-corrected chi connectivity index (χ0v) is 12.3. The molecule has 0 radical (unpaired) electrons. The van der Waals surface area contributed by atoms with E-state index < -0.39 is 17.9 Å². The van der Waals surface area contributed by atoms with Crippen molar-refractivity contribution < 1.29 is 19.4 Å². The lowest BCUT2D eigenvalue weighted by atomic mass is 10.1. The Kier molecular flexibility index (Phi) is 5.82. The van der Waals surface area contributed by atoms with E-state index in [2.05, 4.69) is 21.2 Å². The Balaban J connectivity index is 2.49. The molecule has 1 rings (SSSR count). The summed E-state index contributed by atoms with van der Waals surface area (Å²) < 4.78 is 6.12. The van der Waals surface area contributed by atoms with Crippen molar-refractivity contribution in [2.45, 2.75) is 19.9 Å². The molecule has 1 aromatic rings. The number of halogens is 1. The van der Waals surface area contributed by atoms with Gasteiger partial charge < -0.3 is 15.2 Å². The number of ether oxygens (including phenoxy) is 1. The molecular weight excluding hydrogens is 314 g/mol. The molecule has 0 saturated heterocycles. The van der Waals surface area contributed by atoms with E-state index in [0.29, 0.717) is 5.75 Å². The highest BCUT2D eigenvalue weighted by Gasteiger charge is 2.23. The Labute approximate surface area is 120 Å². The number of carbonyl (C=O) groups is 2. The highest BCUT2D eigenvalue weighted by Crippen LogP contribution is 2.17. The van der Waals surface area contributed by atoms with Crippen LogP contribution in [0.3, 0.4) is 0 Å². The predicted molar refractivity (Wildman–Crippen MR) is 74.0 cm³/mol. The quantitative estimate of drug-likeness (QED) is 0.837. The molecule has 19 heavy (non-hydrogen) atoms. The molecule has 104 valence electrons. The van der Waals surface area contributed by atoms with Gasteiger partial charge in [0, 0.05) is 4.47 Å².